The molecule has 0 bridgehead atoms. The van der Waals surface area contributed by atoms with Gasteiger partial charge >= 0.3 is 0 Å². The highest BCUT2D eigenvalue weighted by Crippen LogP contribution is 2.38. The van der Waals surface area contributed by atoms with E-state index in [0.717, 1.165) is 17.4 Å². The Labute approximate surface area is 125 Å². The molecule has 0 aromatic heterocycles. The van der Waals surface area contributed by atoms with Crippen LogP contribution >= 0.6 is 11.6 Å². The van der Waals surface area contributed by atoms with E-state index in [1.807, 2.05) is 4.90 Å². The topological polar surface area (TPSA) is 20.3 Å². The highest BCUT2D eigenvalue weighted by molar-refractivity contribution is 6.31. The van der Waals surface area contributed by atoms with E-state index in [0.29, 0.717) is 18.7 Å². The lowest BCUT2D eigenvalue weighted by Crippen LogP contribution is -2.22. The molecule has 0 radical (unpaired) electrons. The zero-order valence-electron chi connectivity index (χ0n) is 11.0. The molecule has 0 saturated carbocycles. The first-order valence-electron chi connectivity index (χ1n) is 6.50. The summed E-state index contributed by atoms with van der Waals surface area (Å²) in [7, 11) is 0. The van der Waals surface area contributed by atoms with Gasteiger partial charge in [-0.05, 0) is 41.0 Å². The highest BCUT2D eigenvalue weighted by atomic mass is 35.5. The first kappa shape index (κ1) is 14.2. The number of carbonyl (C=O) groups excluding carboxylic acids is 1. The van der Waals surface area contributed by atoms with Crippen LogP contribution in [-0.2, 0) is 17.9 Å². The zero-order valence-corrected chi connectivity index (χ0v) is 11.8. The maximum absolute atomic E-state index is 13.4. The van der Waals surface area contributed by atoms with Crippen molar-refractivity contribution in [2.45, 2.75) is 19.1 Å². The molecule has 0 aliphatic carbocycles. The van der Waals surface area contributed by atoms with Crippen molar-refractivity contribution in [3.63, 3.8) is 0 Å². The minimum atomic E-state index is -0.502. The maximum atomic E-state index is 13.4. The van der Waals surface area contributed by atoms with E-state index in [9.17, 15) is 13.6 Å². The average Bonchev–Trinajstić information content (AvgIpc) is 2.78. The van der Waals surface area contributed by atoms with Gasteiger partial charge in [0.05, 0.1) is 6.04 Å². The van der Waals surface area contributed by atoms with Crippen LogP contribution in [0.25, 0.3) is 0 Å². The number of fused-ring (bicyclic) bond motifs is 1. The van der Waals surface area contributed by atoms with Crippen LogP contribution in [0.15, 0.2) is 36.4 Å². The molecule has 0 amide bonds. The van der Waals surface area contributed by atoms with Gasteiger partial charge in [-0.3, -0.25) is 4.90 Å². The monoisotopic (exact) mass is 307 g/mol. The molecule has 1 aliphatic heterocycles. The second-order valence-corrected chi connectivity index (χ2v) is 5.48. The number of hydrogen-bond donors (Lipinski definition) is 0. The van der Waals surface area contributed by atoms with Gasteiger partial charge < -0.3 is 4.79 Å². The quantitative estimate of drug-likeness (QED) is 0.802. The SMILES string of the molecule is O=CC1c2c(Cl)cc(F)cc2CN1Cc1ccc(F)cc1. The second kappa shape index (κ2) is 5.54. The molecule has 1 heterocycles. The number of hydrogen-bond acceptors (Lipinski definition) is 2. The molecule has 2 aromatic rings. The van der Waals surface area contributed by atoms with Crippen molar-refractivity contribution in [1.82, 2.24) is 4.90 Å². The lowest BCUT2D eigenvalue weighted by molar-refractivity contribution is -0.112. The van der Waals surface area contributed by atoms with Crippen LogP contribution in [0.2, 0.25) is 5.02 Å². The largest absolute Gasteiger partial charge is 0.301 e. The van der Waals surface area contributed by atoms with Gasteiger partial charge in [0.2, 0.25) is 0 Å². The Hall–Kier alpha value is -1.78. The van der Waals surface area contributed by atoms with Crippen molar-refractivity contribution in [2.24, 2.45) is 0 Å². The molecule has 0 saturated heterocycles. The Morgan fingerprint density at radius 3 is 2.57 bits per heavy atom. The fourth-order valence-corrected chi connectivity index (χ4v) is 3.07. The summed E-state index contributed by atoms with van der Waals surface area (Å²) < 4.78 is 26.3. The molecule has 1 unspecified atom stereocenters. The molecular weight excluding hydrogens is 296 g/mol. The summed E-state index contributed by atoms with van der Waals surface area (Å²) in [4.78, 5) is 13.3. The normalized spacial score (nSPS) is 17.8. The van der Waals surface area contributed by atoms with Crippen molar-refractivity contribution in [3.05, 3.63) is 69.7 Å². The fraction of sp³-hybridized carbons (Fsp3) is 0.188. The Morgan fingerprint density at radius 2 is 1.90 bits per heavy atom. The van der Waals surface area contributed by atoms with Crippen molar-refractivity contribution in [2.75, 3.05) is 0 Å². The van der Waals surface area contributed by atoms with Gasteiger partial charge in [0, 0.05) is 18.1 Å². The summed E-state index contributed by atoms with van der Waals surface area (Å²) >= 11 is 6.06. The second-order valence-electron chi connectivity index (χ2n) is 5.07. The van der Waals surface area contributed by atoms with Gasteiger partial charge in [0.1, 0.15) is 17.9 Å². The van der Waals surface area contributed by atoms with E-state index in [1.54, 1.807) is 12.1 Å². The Morgan fingerprint density at radius 1 is 1.19 bits per heavy atom. The molecule has 0 N–H and O–H groups in total. The molecule has 21 heavy (non-hydrogen) atoms. The van der Waals surface area contributed by atoms with Crippen LogP contribution in [-0.4, -0.2) is 11.2 Å². The van der Waals surface area contributed by atoms with Crippen LogP contribution in [0.4, 0.5) is 8.78 Å². The Bertz CT molecular complexity index is 687. The van der Waals surface area contributed by atoms with Crippen LogP contribution in [0.5, 0.6) is 0 Å². The van der Waals surface area contributed by atoms with Gasteiger partial charge in [0.25, 0.3) is 0 Å². The third-order valence-corrected chi connectivity index (χ3v) is 3.98. The highest BCUT2D eigenvalue weighted by Gasteiger charge is 2.32. The molecular formula is C16H12ClF2NO. The van der Waals surface area contributed by atoms with E-state index in [-0.39, 0.29) is 10.8 Å². The number of nitrogens with zero attached hydrogens (tertiary/aromatic N) is 1. The summed E-state index contributed by atoms with van der Waals surface area (Å²) in [5.74, 6) is -0.715. The summed E-state index contributed by atoms with van der Waals surface area (Å²) in [5, 5.41) is 0.267. The van der Waals surface area contributed by atoms with Crippen molar-refractivity contribution < 1.29 is 13.6 Å². The molecule has 3 rings (SSSR count). The van der Waals surface area contributed by atoms with Gasteiger partial charge in [-0.2, -0.15) is 0 Å². The maximum Gasteiger partial charge on any atom is 0.141 e. The summed E-state index contributed by atoms with van der Waals surface area (Å²) in [6.07, 6.45) is 0.805. The molecule has 0 spiro atoms. The molecule has 108 valence electrons. The fourth-order valence-electron chi connectivity index (χ4n) is 2.73. The van der Waals surface area contributed by atoms with Crippen LogP contribution in [0.3, 0.4) is 0 Å². The van der Waals surface area contributed by atoms with Gasteiger partial charge in [-0.15, -0.1) is 0 Å². The van der Waals surface area contributed by atoms with Crippen LogP contribution < -0.4 is 0 Å². The van der Waals surface area contributed by atoms with E-state index in [4.69, 9.17) is 11.6 Å². The third kappa shape index (κ3) is 2.69. The van der Waals surface area contributed by atoms with E-state index in [1.165, 1.54) is 24.3 Å². The molecule has 1 atom stereocenters. The van der Waals surface area contributed by atoms with Crippen molar-refractivity contribution >= 4 is 17.9 Å². The Balaban J connectivity index is 1.90. The van der Waals surface area contributed by atoms with Gasteiger partial charge in [-0.25, -0.2) is 8.78 Å². The first-order chi connectivity index (χ1) is 10.1. The predicted molar refractivity (Wildman–Crippen MR) is 75.9 cm³/mol. The van der Waals surface area contributed by atoms with Gasteiger partial charge in [-0.1, -0.05) is 23.7 Å². The molecule has 0 fully saturated rings. The number of rotatable bonds is 3. The van der Waals surface area contributed by atoms with Gasteiger partial charge in [0.15, 0.2) is 0 Å². The lowest BCUT2D eigenvalue weighted by Gasteiger charge is -2.20. The molecule has 1 aliphatic rings. The average molecular weight is 308 g/mol. The minimum absolute atomic E-state index is 0.267. The molecule has 5 heteroatoms. The molecule has 2 aromatic carbocycles. The number of halogens is 3. The summed E-state index contributed by atoms with van der Waals surface area (Å²) in [5.41, 5.74) is 2.27. The van der Waals surface area contributed by atoms with Crippen molar-refractivity contribution in [3.8, 4) is 0 Å². The molecule has 2 nitrogen and oxygen atoms in total. The smallest absolute Gasteiger partial charge is 0.141 e. The van der Waals surface area contributed by atoms with E-state index >= 15 is 0 Å². The Kier molecular flexibility index (Phi) is 3.74. The van der Waals surface area contributed by atoms with Crippen LogP contribution in [0.1, 0.15) is 22.7 Å². The standard InChI is InChI=1S/C16H12ClF2NO/c17-14-6-13(19)5-11-8-20(15(9-21)16(11)14)7-10-1-3-12(18)4-2-10/h1-6,9,15H,7-8H2. The number of aldehydes is 1. The predicted octanol–water partition coefficient (Wildman–Crippen LogP) is 3.87. The lowest BCUT2D eigenvalue weighted by atomic mass is 10.1. The minimum Gasteiger partial charge on any atom is -0.301 e. The first-order valence-corrected chi connectivity index (χ1v) is 6.88. The van der Waals surface area contributed by atoms with E-state index < -0.39 is 11.9 Å². The number of carbonyl (C=O) groups is 1. The van der Waals surface area contributed by atoms with E-state index in [2.05, 4.69) is 0 Å². The summed E-state index contributed by atoms with van der Waals surface area (Å²) in [6.45, 7) is 0.907. The van der Waals surface area contributed by atoms with Crippen molar-refractivity contribution in [1.29, 1.82) is 0 Å². The van der Waals surface area contributed by atoms with Crippen LogP contribution in [0, 0.1) is 11.6 Å². The zero-order chi connectivity index (χ0) is 15.0. The third-order valence-electron chi connectivity index (χ3n) is 3.67. The number of benzene rings is 2. The summed E-state index contributed by atoms with van der Waals surface area (Å²) in [6, 6.07) is 8.21.